The molecule has 4 N–H and O–H groups in total. The van der Waals surface area contributed by atoms with Gasteiger partial charge in [0, 0.05) is 6.42 Å². The molecule has 0 saturated heterocycles. The Morgan fingerprint density at radius 3 is 2.57 bits per heavy atom. The number of nitrogens with two attached hydrogens (primary N) is 1. The molecule has 166 valence electrons. The van der Waals surface area contributed by atoms with E-state index in [4.69, 9.17) is 19.5 Å². The van der Waals surface area contributed by atoms with Crippen molar-refractivity contribution in [2.24, 2.45) is 5.92 Å². The molecule has 2 aliphatic carbocycles. The van der Waals surface area contributed by atoms with E-state index in [1.54, 1.807) is 18.4 Å². The Labute approximate surface area is 174 Å². The first-order valence-corrected chi connectivity index (χ1v) is 11.9. The van der Waals surface area contributed by atoms with Crippen LogP contribution in [0.1, 0.15) is 39.2 Å². The van der Waals surface area contributed by atoms with Crippen LogP contribution in [-0.2, 0) is 18.3 Å². The maximum absolute atomic E-state index is 12.9. The lowest BCUT2D eigenvalue weighted by atomic mass is 9.93. The van der Waals surface area contributed by atoms with Crippen LogP contribution in [0.15, 0.2) is 12.7 Å². The van der Waals surface area contributed by atoms with Gasteiger partial charge >= 0.3 is 7.60 Å². The first kappa shape index (κ1) is 21.6. The summed E-state index contributed by atoms with van der Waals surface area (Å²) in [5, 5.41) is 22.0. The second-order valence-electron chi connectivity index (χ2n) is 7.74. The van der Waals surface area contributed by atoms with Gasteiger partial charge < -0.3 is 34.3 Å². The topological polar surface area (TPSA) is 155 Å². The van der Waals surface area contributed by atoms with Crippen molar-refractivity contribution in [2.45, 2.75) is 57.0 Å². The second kappa shape index (κ2) is 8.14. The average Bonchev–Trinajstić information content (AvgIpc) is 3.43. The number of nitrogen functional groups attached to an aromatic ring is 1. The zero-order valence-corrected chi connectivity index (χ0v) is 17.9. The number of imidazole rings is 1. The van der Waals surface area contributed by atoms with Crippen molar-refractivity contribution in [1.29, 1.82) is 0 Å². The Morgan fingerprint density at radius 2 is 1.93 bits per heavy atom. The molecule has 2 saturated carbocycles. The zero-order chi connectivity index (χ0) is 21.5. The van der Waals surface area contributed by atoms with E-state index >= 15 is 0 Å². The van der Waals surface area contributed by atoms with E-state index in [2.05, 4.69) is 15.0 Å². The lowest BCUT2D eigenvalue weighted by Crippen LogP contribution is -2.46. The molecule has 0 aromatic carbocycles. The van der Waals surface area contributed by atoms with Gasteiger partial charge in [0.1, 0.15) is 36.0 Å². The van der Waals surface area contributed by atoms with Crippen LogP contribution in [0, 0.1) is 5.92 Å². The molecule has 12 heteroatoms. The lowest BCUT2D eigenvalue weighted by Gasteiger charge is -2.34. The van der Waals surface area contributed by atoms with Crippen molar-refractivity contribution < 1.29 is 28.6 Å². The predicted octanol–water partition coefficient (Wildman–Crippen LogP) is 1.46. The van der Waals surface area contributed by atoms with Gasteiger partial charge in [-0.3, -0.25) is 4.57 Å². The minimum Gasteiger partial charge on any atom is -0.388 e. The van der Waals surface area contributed by atoms with Crippen LogP contribution in [-0.4, -0.2) is 67.1 Å². The quantitative estimate of drug-likeness (QED) is 0.487. The Bertz CT molecular complexity index is 942. The number of rotatable bonds is 9. The molecule has 11 nitrogen and oxygen atoms in total. The number of fused-ring (bicyclic) bond motifs is 1. The van der Waals surface area contributed by atoms with Crippen LogP contribution in [0.5, 0.6) is 0 Å². The first-order chi connectivity index (χ1) is 14.3. The third kappa shape index (κ3) is 3.63. The van der Waals surface area contributed by atoms with Crippen LogP contribution in [0.25, 0.3) is 11.2 Å². The van der Waals surface area contributed by atoms with Crippen molar-refractivity contribution in [3.8, 4) is 0 Å². The van der Waals surface area contributed by atoms with Crippen LogP contribution >= 0.6 is 7.60 Å². The van der Waals surface area contributed by atoms with Crippen molar-refractivity contribution in [3.63, 3.8) is 0 Å². The number of aromatic nitrogens is 4. The number of ether oxygens (including phenoxy) is 1. The van der Waals surface area contributed by atoms with Gasteiger partial charge in [-0.15, -0.1) is 0 Å². The van der Waals surface area contributed by atoms with E-state index in [0.29, 0.717) is 17.6 Å². The van der Waals surface area contributed by atoms with Gasteiger partial charge in [0.05, 0.1) is 25.6 Å². The maximum atomic E-state index is 12.9. The van der Waals surface area contributed by atoms with Gasteiger partial charge in [-0.05, 0) is 32.6 Å². The zero-order valence-electron chi connectivity index (χ0n) is 17.0. The molecular formula is C18H28N5O6P. The molecule has 4 atom stereocenters. The molecule has 2 fully saturated rings. The molecule has 30 heavy (non-hydrogen) atoms. The number of aliphatic hydroxyl groups excluding tert-OH is 2. The van der Waals surface area contributed by atoms with Crippen molar-refractivity contribution >= 4 is 24.6 Å². The summed E-state index contributed by atoms with van der Waals surface area (Å²) >= 11 is 0. The summed E-state index contributed by atoms with van der Waals surface area (Å²) in [6.45, 7) is 3.88. The molecule has 2 aromatic heterocycles. The Hall–Kier alpha value is -1.62. The van der Waals surface area contributed by atoms with E-state index in [1.165, 1.54) is 12.7 Å². The van der Waals surface area contributed by atoms with Crippen molar-refractivity contribution in [1.82, 2.24) is 19.5 Å². The van der Waals surface area contributed by atoms with Crippen molar-refractivity contribution in [3.05, 3.63) is 12.7 Å². The van der Waals surface area contributed by atoms with Gasteiger partial charge in [-0.1, -0.05) is 0 Å². The van der Waals surface area contributed by atoms with E-state index < -0.39 is 31.4 Å². The van der Waals surface area contributed by atoms with Gasteiger partial charge in [-0.2, -0.15) is 0 Å². The number of hydrogen-bond donors (Lipinski definition) is 3. The molecule has 0 bridgehead atoms. The normalized spacial score (nSPS) is 29.7. The Balaban J connectivity index is 1.63. The minimum absolute atomic E-state index is 0.0401. The van der Waals surface area contributed by atoms with Crippen LogP contribution in [0.2, 0.25) is 0 Å². The first-order valence-electron chi connectivity index (χ1n) is 10.2. The summed E-state index contributed by atoms with van der Waals surface area (Å²) < 4.78 is 31.4. The number of hydrogen-bond acceptors (Lipinski definition) is 10. The Morgan fingerprint density at radius 1 is 1.23 bits per heavy atom. The summed E-state index contributed by atoms with van der Waals surface area (Å²) in [6, 6.07) is -0.543. The molecule has 2 aromatic rings. The smallest absolute Gasteiger partial charge is 0.356 e. The number of nitrogens with zero attached hydrogens (tertiary/aromatic N) is 4. The fourth-order valence-corrected chi connectivity index (χ4v) is 5.80. The molecule has 2 heterocycles. The summed E-state index contributed by atoms with van der Waals surface area (Å²) in [5.41, 5.74) is 5.71. The van der Waals surface area contributed by atoms with Gasteiger partial charge in [0.15, 0.2) is 11.5 Å². The molecule has 0 aliphatic heterocycles. The summed E-state index contributed by atoms with van der Waals surface area (Å²) in [4.78, 5) is 12.4. The van der Waals surface area contributed by atoms with Crippen LogP contribution in [0.4, 0.5) is 5.82 Å². The third-order valence-corrected chi connectivity index (χ3v) is 7.65. The Kier molecular flexibility index (Phi) is 5.86. The standard InChI is InChI=1S/C18H28N5O6P/c1-3-28-30(26,29-4-2)10-27-18(11-5-6-11)7-12(14(24)15(18)25)23-9-22-13-16(19)20-8-21-17(13)23/h8-9,11-12,14-15,24-25H,3-7,10H2,1-2H3,(H2,19,20,21)/t12-,14+,15+,18-/m1/s1. The molecule has 0 unspecified atom stereocenters. The van der Waals surface area contributed by atoms with E-state index in [-0.39, 0.29) is 31.3 Å². The van der Waals surface area contributed by atoms with Gasteiger partial charge in [0.25, 0.3) is 0 Å². The molecule has 0 radical (unpaired) electrons. The highest BCUT2D eigenvalue weighted by Crippen LogP contribution is 2.57. The summed E-state index contributed by atoms with van der Waals surface area (Å²) in [5.74, 6) is 0.282. The maximum Gasteiger partial charge on any atom is 0.356 e. The third-order valence-electron chi connectivity index (χ3n) is 5.90. The van der Waals surface area contributed by atoms with E-state index in [1.807, 2.05) is 0 Å². The molecular weight excluding hydrogens is 413 g/mol. The predicted molar refractivity (Wildman–Crippen MR) is 108 cm³/mol. The fraction of sp³-hybridized carbons (Fsp3) is 0.722. The average molecular weight is 441 g/mol. The fourth-order valence-electron chi connectivity index (χ4n) is 4.39. The van der Waals surface area contributed by atoms with Gasteiger partial charge in [-0.25, -0.2) is 15.0 Å². The van der Waals surface area contributed by atoms with E-state index in [9.17, 15) is 14.8 Å². The highest BCUT2D eigenvalue weighted by atomic mass is 31.2. The van der Waals surface area contributed by atoms with Crippen LogP contribution in [0.3, 0.4) is 0 Å². The van der Waals surface area contributed by atoms with Gasteiger partial charge in [0.2, 0.25) is 0 Å². The van der Waals surface area contributed by atoms with Crippen molar-refractivity contribution in [2.75, 3.05) is 25.3 Å². The SMILES string of the molecule is CCOP(=O)(CO[C@@]1(C2CC2)C[C@@H](n2cnc3c(N)ncnc32)[C@H](O)[C@@H]1O)OCC. The largest absolute Gasteiger partial charge is 0.388 e. The molecule has 0 amide bonds. The minimum atomic E-state index is -3.47. The van der Waals surface area contributed by atoms with Crippen LogP contribution < -0.4 is 5.73 Å². The molecule has 4 rings (SSSR count). The summed E-state index contributed by atoms with van der Waals surface area (Å²) in [6.07, 6.45) is 2.27. The monoisotopic (exact) mass is 441 g/mol. The summed E-state index contributed by atoms with van der Waals surface area (Å²) in [7, 11) is -3.47. The molecule has 0 spiro atoms. The molecule has 2 aliphatic rings. The highest BCUT2D eigenvalue weighted by molar-refractivity contribution is 7.53. The lowest BCUT2D eigenvalue weighted by molar-refractivity contribution is -0.131. The number of aliphatic hydroxyl groups is 2. The van der Waals surface area contributed by atoms with E-state index in [0.717, 1.165) is 12.8 Å². The second-order valence-corrected chi connectivity index (χ2v) is 9.74. The number of anilines is 1. The highest BCUT2D eigenvalue weighted by Gasteiger charge is 2.61.